The molecule has 1 unspecified atom stereocenters. The fourth-order valence-electron chi connectivity index (χ4n) is 5.50. The molecule has 0 saturated carbocycles. The maximum absolute atomic E-state index is 3.91. The molecule has 7 rings (SSSR count). The summed E-state index contributed by atoms with van der Waals surface area (Å²) in [7, 11) is 0. The molecule has 3 nitrogen and oxygen atoms in total. The van der Waals surface area contributed by atoms with E-state index in [1.165, 1.54) is 49.4 Å². The van der Waals surface area contributed by atoms with Crippen molar-refractivity contribution in [2.45, 2.75) is 19.0 Å². The molecule has 3 heterocycles. The van der Waals surface area contributed by atoms with E-state index in [1.54, 1.807) is 0 Å². The average Bonchev–Trinajstić information content (AvgIpc) is 3.37. The van der Waals surface area contributed by atoms with Gasteiger partial charge in [-0.1, -0.05) is 72.8 Å². The zero-order valence-electron chi connectivity index (χ0n) is 17.7. The highest BCUT2D eigenvalue weighted by atomic mass is 15.3. The molecule has 0 aliphatic carbocycles. The van der Waals surface area contributed by atoms with E-state index in [0.717, 1.165) is 12.8 Å². The Hall–Kier alpha value is -3.98. The summed E-state index contributed by atoms with van der Waals surface area (Å²) in [5, 5.41) is 9.14. The zero-order chi connectivity index (χ0) is 21.1. The second-order valence-electron chi connectivity index (χ2n) is 8.60. The van der Waals surface area contributed by atoms with Gasteiger partial charge in [0.05, 0.1) is 22.1 Å². The molecule has 0 radical (unpaired) electrons. The normalized spacial score (nSPS) is 16.6. The van der Waals surface area contributed by atoms with Gasteiger partial charge in [-0.05, 0) is 43.2 Å². The highest BCUT2D eigenvalue weighted by Gasteiger charge is 2.23. The van der Waals surface area contributed by atoms with Gasteiger partial charge >= 0.3 is 0 Å². The molecule has 154 valence electrons. The smallest absolute Gasteiger partial charge is 0.108 e. The summed E-state index contributed by atoms with van der Waals surface area (Å²) < 4.78 is 4.89. The van der Waals surface area contributed by atoms with Gasteiger partial charge < -0.3 is 9.88 Å². The summed E-state index contributed by atoms with van der Waals surface area (Å²) in [6.45, 7) is 0. The highest BCUT2D eigenvalue weighted by molar-refractivity contribution is 6.10. The van der Waals surface area contributed by atoms with Gasteiger partial charge in [-0.15, -0.1) is 0 Å². The monoisotopic (exact) mass is 413 g/mol. The SMILES string of the molecule is C1=C(n2c3ccccc3c3ccccc32)NC(n2c3ccccc3c3ccccc32)CC1. The van der Waals surface area contributed by atoms with Crippen LogP contribution in [0.3, 0.4) is 0 Å². The molecule has 1 aliphatic heterocycles. The third kappa shape index (κ3) is 2.42. The summed E-state index contributed by atoms with van der Waals surface area (Å²) >= 11 is 0. The number of para-hydroxylation sites is 4. The molecule has 1 aliphatic rings. The number of fused-ring (bicyclic) bond motifs is 6. The first kappa shape index (κ1) is 17.7. The number of allylic oxidation sites excluding steroid dienone is 1. The lowest BCUT2D eigenvalue weighted by Crippen LogP contribution is -2.30. The molecule has 3 heteroatoms. The lowest BCUT2D eigenvalue weighted by atomic mass is 10.1. The van der Waals surface area contributed by atoms with E-state index in [4.69, 9.17) is 0 Å². The molecule has 1 atom stereocenters. The van der Waals surface area contributed by atoms with Crippen LogP contribution in [-0.2, 0) is 0 Å². The lowest BCUT2D eigenvalue weighted by Gasteiger charge is -2.29. The Morgan fingerprint density at radius 3 is 1.53 bits per heavy atom. The van der Waals surface area contributed by atoms with Crippen molar-refractivity contribution < 1.29 is 0 Å². The van der Waals surface area contributed by atoms with Gasteiger partial charge in [0.1, 0.15) is 12.0 Å². The van der Waals surface area contributed by atoms with Crippen LogP contribution in [0.5, 0.6) is 0 Å². The summed E-state index contributed by atoms with van der Waals surface area (Å²) in [6.07, 6.45) is 4.64. The number of benzene rings is 4. The molecule has 6 aromatic rings. The second-order valence-corrected chi connectivity index (χ2v) is 8.60. The Kier molecular flexibility index (Phi) is 3.73. The second kappa shape index (κ2) is 6.76. The van der Waals surface area contributed by atoms with E-state index in [1.807, 2.05) is 0 Å². The number of rotatable bonds is 2. The minimum atomic E-state index is 0.194. The van der Waals surface area contributed by atoms with Gasteiger partial charge in [-0.2, -0.15) is 0 Å². The van der Waals surface area contributed by atoms with Gasteiger partial charge in [0, 0.05) is 21.5 Å². The molecule has 0 amide bonds. The van der Waals surface area contributed by atoms with E-state index in [9.17, 15) is 0 Å². The minimum Gasteiger partial charge on any atom is -0.351 e. The number of nitrogens with one attached hydrogen (secondary N) is 1. The Bertz CT molecular complexity index is 1560. The third-order valence-corrected chi connectivity index (χ3v) is 6.84. The number of hydrogen-bond donors (Lipinski definition) is 1. The van der Waals surface area contributed by atoms with E-state index < -0.39 is 0 Å². The lowest BCUT2D eigenvalue weighted by molar-refractivity contribution is 0.435. The van der Waals surface area contributed by atoms with Gasteiger partial charge in [0.25, 0.3) is 0 Å². The fourth-order valence-corrected chi connectivity index (χ4v) is 5.50. The van der Waals surface area contributed by atoms with Crippen molar-refractivity contribution in [2.75, 3.05) is 0 Å². The molecule has 0 saturated heterocycles. The van der Waals surface area contributed by atoms with E-state index >= 15 is 0 Å². The number of aromatic nitrogens is 2. The first-order valence-corrected chi connectivity index (χ1v) is 11.3. The average molecular weight is 414 g/mol. The predicted molar refractivity (Wildman–Crippen MR) is 135 cm³/mol. The first-order valence-electron chi connectivity index (χ1n) is 11.3. The van der Waals surface area contributed by atoms with Crippen LogP contribution in [-0.4, -0.2) is 9.13 Å². The third-order valence-electron chi connectivity index (χ3n) is 6.84. The molecule has 0 spiro atoms. The zero-order valence-corrected chi connectivity index (χ0v) is 17.7. The maximum Gasteiger partial charge on any atom is 0.108 e. The van der Waals surface area contributed by atoms with Crippen LogP contribution in [0.1, 0.15) is 19.0 Å². The van der Waals surface area contributed by atoms with Crippen LogP contribution in [0.2, 0.25) is 0 Å². The maximum atomic E-state index is 3.91. The molecule has 4 aromatic carbocycles. The van der Waals surface area contributed by atoms with Crippen LogP contribution < -0.4 is 5.32 Å². The van der Waals surface area contributed by atoms with E-state index in [-0.39, 0.29) is 6.17 Å². The van der Waals surface area contributed by atoms with Gasteiger partial charge in [0.15, 0.2) is 0 Å². The topological polar surface area (TPSA) is 21.9 Å². The number of nitrogens with zero attached hydrogens (tertiary/aromatic N) is 2. The van der Waals surface area contributed by atoms with Gasteiger partial charge in [0.2, 0.25) is 0 Å². The predicted octanol–water partition coefficient (Wildman–Crippen LogP) is 7.28. The molecule has 2 aromatic heterocycles. The summed E-state index contributed by atoms with van der Waals surface area (Å²) in [4.78, 5) is 0. The van der Waals surface area contributed by atoms with Crippen LogP contribution >= 0.6 is 0 Å². The quantitative estimate of drug-likeness (QED) is 0.316. The van der Waals surface area contributed by atoms with Crippen LogP contribution in [0.4, 0.5) is 0 Å². The standard InChI is InChI=1S/C29H23N3/c1-5-14-24-20(10-1)21-11-2-6-15-25(21)31(24)28-18-9-19-29(30-28)32-26-16-7-3-12-22(26)23-13-4-8-17-27(23)32/h1-8,10-18,29-30H,9,19H2. The van der Waals surface area contributed by atoms with Crippen molar-refractivity contribution in [3.05, 3.63) is 103 Å². The van der Waals surface area contributed by atoms with Crippen LogP contribution in [0, 0.1) is 0 Å². The van der Waals surface area contributed by atoms with Crippen molar-refractivity contribution in [1.29, 1.82) is 0 Å². The van der Waals surface area contributed by atoms with Crippen LogP contribution in [0.25, 0.3) is 49.4 Å². The van der Waals surface area contributed by atoms with Gasteiger partial charge in [-0.3, -0.25) is 4.57 Å². The molecular formula is C29H23N3. The Morgan fingerprint density at radius 1 is 0.562 bits per heavy atom. The highest BCUT2D eigenvalue weighted by Crippen LogP contribution is 2.36. The Labute approximate surface area is 186 Å². The summed E-state index contributed by atoms with van der Waals surface area (Å²) in [6, 6.07) is 34.9. The van der Waals surface area contributed by atoms with Crippen molar-refractivity contribution in [2.24, 2.45) is 0 Å². The fraction of sp³-hybridized carbons (Fsp3) is 0.103. The molecule has 1 N–H and O–H groups in total. The largest absolute Gasteiger partial charge is 0.351 e. The Balaban J connectivity index is 1.42. The van der Waals surface area contributed by atoms with Crippen LogP contribution in [0.15, 0.2) is 103 Å². The van der Waals surface area contributed by atoms with Crippen molar-refractivity contribution in [1.82, 2.24) is 14.5 Å². The van der Waals surface area contributed by atoms with E-state index in [2.05, 4.69) is 118 Å². The first-order chi connectivity index (χ1) is 15.9. The summed E-state index contributed by atoms with van der Waals surface area (Å²) in [5.74, 6) is 1.17. The van der Waals surface area contributed by atoms with Crippen molar-refractivity contribution >= 4 is 49.4 Å². The van der Waals surface area contributed by atoms with Crippen molar-refractivity contribution in [3.63, 3.8) is 0 Å². The summed E-state index contributed by atoms with van der Waals surface area (Å²) in [5.41, 5.74) is 5.06. The molecule has 0 bridgehead atoms. The van der Waals surface area contributed by atoms with Gasteiger partial charge in [-0.25, -0.2) is 0 Å². The minimum absolute atomic E-state index is 0.194. The number of hydrogen-bond acceptors (Lipinski definition) is 1. The van der Waals surface area contributed by atoms with E-state index in [0.29, 0.717) is 0 Å². The molecular weight excluding hydrogens is 390 g/mol. The Morgan fingerprint density at radius 2 is 1.00 bits per heavy atom. The van der Waals surface area contributed by atoms with Crippen molar-refractivity contribution in [3.8, 4) is 0 Å². The molecule has 0 fully saturated rings. The molecule has 32 heavy (non-hydrogen) atoms.